The first-order valence-electron chi connectivity index (χ1n) is 9.39. The quantitative estimate of drug-likeness (QED) is 0.536. The van der Waals surface area contributed by atoms with Crippen molar-refractivity contribution in [3.05, 3.63) is 65.4 Å². The highest BCUT2D eigenvalue weighted by molar-refractivity contribution is 6.04. The van der Waals surface area contributed by atoms with E-state index in [0.29, 0.717) is 33.5 Å². The van der Waals surface area contributed by atoms with Gasteiger partial charge in [-0.2, -0.15) is 13.2 Å². The summed E-state index contributed by atoms with van der Waals surface area (Å²) in [5.41, 5.74) is 2.28. The monoisotopic (exact) mass is 435 g/mol. The van der Waals surface area contributed by atoms with Gasteiger partial charge < -0.3 is 14.6 Å². The van der Waals surface area contributed by atoms with E-state index in [9.17, 15) is 22.8 Å². The number of alkyl halides is 3. The zero-order valence-electron chi connectivity index (χ0n) is 16.6. The Morgan fingerprint density at radius 1 is 1.06 bits per heavy atom. The molecule has 1 heterocycles. The number of carbonyl (C=O) groups is 2. The summed E-state index contributed by atoms with van der Waals surface area (Å²) >= 11 is 0. The van der Waals surface area contributed by atoms with E-state index >= 15 is 0 Å². The second-order valence-electron chi connectivity index (χ2n) is 6.89. The molecule has 3 rings (SSSR count). The molecule has 31 heavy (non-hydrogen) atoms. The summed E-state index contributed by atoms with van der Waals surface area (Å²) in [5.74, 6) is -0.853. The molecule has 0 bridgehead atoms. The van der Waals surface area contributed by atoms with Crippen molar-refractivity contribution in [2.45, 2.75) is 19.5 Å². The number of halogens is 3. The van der Waals surface area contributed by atoms with E-state index in [1.165, 1.54) is 4.57 Å². The van der Waals surface area contributed by atoms with Crippen molar-refractivity contribution >= 4 is 22.8 Å². The zero-order chi connectivity index (χ0) is 22.6. The Morgan fingerprint density at radius 3 is 2.42 bits per heavy atom. The van der Waals surface area contributed by atoms with E-state index in [1.807, 2.05) is 0 Å². The van der Waals surface area contributed by atoms with Gasteiger partial charge >= 0.3 is 12.1 Å². The third kappa shape index (κ3) is 5.64. The number of benzene rings is 2. The van der Waals surface area contributed by atoms with Crippen LogP contribution in [-0.2, 0) is 16.0 Å². The highest BCUT2D eigenvalue weighted by Gasteiger charge is 2.27. The van der Waals surface area contributed by atoms with Crippen LogP contribution in [0.5, 0.6) is 5.75 Å². The van der Waals surface area contributed by atoms with Gasteiger partial charge in [-0.05, 0) is 48.9 Å². The number of rotatable bonds is 8. The Bertz CT molecular complexity index is 1090. The SMILES string of the molecule is Cc1cc2c(CC(=O)O)cccc2n1C(=O)c1ccc(OCCOCC(F)(F)F)cc1. The maximum Gasteiger partial charge on any atom is 0.411 e. The normalized spacial score (nSPS) is 11.6. The number of carboxylic acid groups (broad SMARTS) is 1. The lowest BCUT2D eigenvalue weighted by atomic mass is 10.1. The van der Waals surface area contributed by atoms with Gasteiger partial charge in [-0.1, -0.05) is 12.1 Å². The number of aliphatic carboxylic acids is 1. The molecule has 0 fully saturated rings. The minimum absolute atomic E-state index is 0.0585. The summed E-state index contributed by atoms with van der Waals surface area (Å²) in [7, 11) is 0. The highest BCUT2D eigenvalue weighted by Crippen LogP contribution is 2.25. The Hall–Kier alpha value is -3.33. The minimum atomic E-state index is -4.38. The van der Waals surface area contributed by atoms with Gasteiger partial charge in [0, 0.05) is 16.6 Å². The molecule has 164 valence electrons. The predicted octanol–water partition coefficient (Wildman–Crippen LogP) is 4.22. The Labute approximate surface area is 175 Å². The van der Waals surface area contributed by atoms with E-state index in [0.717, 1.165) is 0 Å². The Kier molecular flexibility index (Phi) is 6.65. The number of aryl methyl sites for hydroxylation is 1. The van der Waals surface area contributed by atoms with Crippen LogP contribution in [0.3, 0.4) is 0 Å². The molecule has 6 nitrogen and oxygen atoms in total. The maximum absolute atomic E-state index is 13.1. The van der Waals surface area contributed by atoms with Crippen LogP contribution in [0.2, 0.25) is 0 Å². The van der Waals surface area contributed by atoms with Gasteiger partial charge in [-0.25, -0.2) is 0 Å². The van der Waals surface area contributed by atoms with Crippen LogP contribution in [0.1, 0.15) is 21.6 Å². The number of fused-ring (bicyclic) bond motifs is 1. The smallest absolute Gasteiger partial charge is 0.411 e. The van der Waals surface area contributed by atoms with Crippen molar-refractivity contribution in [1.82, 2.24) is 4.57 Å². The molecule has 0 aliphatic carbocycles. The molecule has 0 unspecified atom stereocenters. The van der Waals surface area contributed by atoms with Gasteiger partial charge in [0.1, 0.15) is 19.0 Å². The van der Waals surface area contributed by atoms with Crippen LogP contribution in [0.15, 0.2) is 48.5 Å². The molecule has 9 heteroatoms. The summed E-state index contributed by atoms with van der Waals surface area (Å²) in [6.45, 7) is 0.160. The van der Waals surface area contributed by atoms with Crippen LogP contribution < -0.4 is 4.74 Å². The molecule has 2 aromatic carbocycles. The van der Waals surface area contributed by atoms with E-state index in [4.69, 9.17) is 9.84 Å². The zero-order valence-corrected chi connectivity index (χ0v) is 16.6. The van der Waals surface area contributed by atoms with Crippen molar-refractivity contribution in [3.8, 4) is 5.75 Å². The van der Waals surface area contributed by atoms with Gasteiger partial charge in [0.05, 0.1) is 18.5 Å². The van der Waals surface area contributed by atoms with E-state index in [2.05, 4.69) is 4.74 Å². The second kappa shape index (κ2) is 9.22. The van der Waals surface area contributed by atoms with Crippen LogP contribution in [0.25, 0.3) is 10.9 Å². The van der Waals surface area contributed by atoms with Crippen molar-refractivity contribution in [2.75, 3.05) is 19.8 Å². The average molecular weight is 435 g/mol. The maximum atomic E-state index is 13.1. The lowest BCUT2D eigenvalue weighted by Crippen LogP contribution is -2.19. The van der Waals surface area contributed by atoms with Gasteiger partial charge in [0.25, 0.3) is 5.91 Å². The Balaban J connectivity index is 1.71. The summed E-state index contributed by atoms with van der Waals surface area (Å²) in [6.07, 6.45) is -4.52. The first kappa shape index (κ1) is 22.4. The molecular weight excluding hydrogens is 415 g/mol. The van der Waals surface area contributed by atoms with Crippen LogP contribution >= 0.6 is 0 Å². The van der Waals surface area contributed by atoms with Crippen molar-refractivity contribution in [3.63, 3.8) is 0 Å². The average Bonchev–Trinajstić information content (AvgIpc) is 3.03. The highest BCUT2D eigenvalue weighted by atomic mass is 19.4. The molecule has 0 aliphatic heterocycles. The first-order valence-corrected chi connectivity index (χ1v) is 9.39. The minimum Gasteiger partial charge on any atom is -0.491 e. The number of aromatic nitrogens is 1. The molecule has 0 amide bonds. The predicted molar refractivity (Wildman–Crippen MR) is 107 cm³/mol. The number of hydrogen-bond donors (Lipinski definition) is 1. The number of ether oxygens (including phenoxy) is 2. The standard InChI is InChI=1S/C22H20F3NO5/c1-14-11-18-16(12-20(27)28)3-2-4-19(18)26(14)21(29)15-5-7-17(8-6-15)31-10-9-30-13-22(23,24)25/h2-8,11H,9-10,12-13H2,1H3,(H,27,28). The van der Waals surface area contributed by atoms with Crippen LogP contribution in [0.4, 0.5) is 13.2 Å². The topological polar surface area (TPSA) is 77.8 Å². The van der Waals surface area contributed by atoms with Gasteiger partial charge in [-0.15, -0.1) is 0 Å². The van der Waals surface area contributed by atoms with Crippen LogP contribution in [-0.4, -0.2) is 47.5 Å². The molecule has 1 aromatic heterocycles. The lowest BCUT2D eigenvalue weighted by Gasteiger charge is -2.10. The van der Waals surface area contributed by atoms with E-state index in [-0.39, 0.29) is 25.5 Å². The van der Waals surface area contributed by atoms with E-state index in [1.54, 1.807) is 55.5 Å². The van der Waals surface area contributed by atoms with Crippen molar-refractivity contribution < 1.29 is 37.3 Å². The third-order valence-electron chi connectivity index (χ3n) is 4.53. The molecule has 0 saturated carbocycles. The van der Waals surface area contributed by atoms with Crippen LogP contribution in [0, 0.1) is 6.92 Å². The fourth-order valence-electron chi connectivity index (χ4n) is 3.24. The van der Waals surface area contributed by atoms with Gasteiger partial charge in [0.15, 0.2) is 0 Å². The fourth-order valence-corrected chi connectivity index (χ4v) is 3.24. The van der Waals surface area contributed by atoms with Crippen molar-refractivity contribution in [2.24, 2.45) is 0 Å². The van der Waals surface area contributed by atoms with Gasteiger partial charge in [-0.3, -0.25) is 14.2 Å². The summed E-state index contributed by atoms with van der Waals surface area (Å²) < 4.78 is 47.4. The molecule has 0 atom stereocenters. The second-order valence-corrected chi connectivity index (χ2v) is 6.89. The molecule has 0 aliphatic rings. The molecule has 0 saturated heterocycles. The third-order valence-corrected chi connectivity index (χ3v) is 4.53. The lowest BCUT2D eigenvalue weighted by molar-refractivity contribution is -0.175. The summed E-state index contributed by atoms with van der Waals surface area (Å²) in [4.78, 5) is 24.2. The number of hydrogen-bond acceptors (Lipinski definition) is 4. The molecular formula is C22H20F3NO5. The molecule has 0 radical (unpaired) electrons. The first-order chi connectivity index (χ1) is 14.7. The largest absolute Gasteiger partial charge is 0.491 e. The number of carbonyl (C=O) groups excluding carboxylic acids is 1. The molecule has 3 aromatic rings. The number of carboxylic acids is 1. The van der Waals surface area contributed by atoms with E-state index < -0.39 is 18.8 Å². The fraction of sp³-hybridized carbons (Fsp3) is 0.273. The van der Waals surface area contributed by atoms with Crippen molar-refractivity contribution in [1.29, 1.82) is 0 Å². The summed E-state index contributed by atoms with van der Waals surface area (Å²) in [6, 6.07) is 13.2. The van der Waals surface area contributed by atoms with Gasteiger partial charge in [0.2, 0.25) is 0 Å². The molecule has 1 N–H and O–H groups in total. The number of nitrogens with zero attached hydrogens (tertiary/aromatic N) is 1. The summed E-state index contributed by atoms with van der Waals surface area (Å²) in [5, 5.41) is 9.80. The Morgan fingerprint density at radius 2 is 1.77 bits per heavy atom. The molecule has 0 spiro atoms.